The van der Waals surface area contributed by atoms with Crippen LogP contribution in [0.2, 0.25) is 0 Å². The molecule has 3 rings (SSSR count). The number of hydrogen-bond donors (Lipinski definition) is 0. The molecule has 0 spiro atoms. The monoisotopic (exact) mass is 397 g/mol. The summed E-state index contributed by atoms with van der Waals surface area (Å²) in [4.78, 5) is 26.9. The summed E-state index contributed by atoms with van der Waals surface area (Å²) in [6.45, 7) is 1.07. The van der Waals surface area contributed by atoms with Crippen LogP contribution in [0, 0.1) is 0 Å². The summed E-state index contributed by atoms with van der Waals surface area (Å²) in [7, 11) is 3.11. The summed E-state index contributed by atoms with van der Waals surface area (Å²) >= 11 is 1.56. The highest BCUT2D eigenvalue weighted by Crippen LogP contribution is 2.27. The van der Waals surface area contributed by atoms with Crippen molar-refractivity contribution in [2.75, 3.05) is 20.7 Å². The lowest BCUT2D eigenvalue weighted by molar-refractivity contribution is -0.140. The smallest absolute Gasteiger partial charge is 0.305 e. The molecular formula is C21H23N3O3S. The molecule has 0 aliphatic carbocycles. The maximum atomic E-state index is 13.0. The average Bonchev–Trinajstić information content (AvgIpc) is 3.37. The first-order valence-electron chi connectivity index (χ1n) is 9.06. The van der Waals surface area contributed by atoms with Crippen molar-refractivity contribution >= 4 is 23.2 Å². The number of carbonyl (C=O) groups is 2. The van der Waals surface area contributed by atoms with Crippen molar-refractivity contribution in [2.24, 2.45) is 0 Å². The maximum Gasteiger partial charge on any atom is 0.305 e. The van der Waals surface area contributed by atoms with E-state index in [9.17, 15) is 9.59 Å². The van der Waals surface area contributed by atoms with Gasteiger partial charge in [-0.3, -0.25) is 14.3 Å². The molecule has 6 nitrogen and oxygen atoms in total. The molecule has 3 aromatic rings. The van der Waals surface area contributed by atoms with Gasteiger partial charge in [-0.25, -0.2) is 0 Å². The minimum Gasteiger partial charge on any atom is -0.469 e. The third-order valence-corrected chi connectivity index (χ3v) is 5.26. The number of nitrogens with zero attached hydrogens (tertiary/aromatic N) is 3. The predicted molar refractivity (Wildman–Crippen MR) is 109 cm³/mol. The lowest BCUT2D eigenvalue weighted by Gasteiger charge is -2.16. The van der Waals surface area contributed by atoms with E-state index in [2.05, 4.69) is 9.84 Å². The Bertz CT molecular complexity index is 920. The van der Waals surface area contributed by atoms with Crippen LogP contribution in [0.5, 0.6) is 0 Å². The molecule has 0 atom stereocenters. The van der Waals surface area contributed by atoms with Crippen molar-refractivity contribution in [1.82, 2.24) is 14.7 Å². The topological polar surface area (TPSA) is 64.4 Å². The van der Waals surface area contributed by atoms with Gasteiger partial charge >= 0.3 is 5.97 Å². The fourth-order valence-corrected chi connectivity index (χ4v) is 3.62. The highest BCUT2D eigenvalue weighted by atomic mass is 32.1. The first kappa shape index (κ1) is 19.8. The van der Waals surface area contributed by atoms with Gasteiger partial charge in [-0.15, -0.1) is 11.3 Å². The van der Waals surface area contributed by atoms with Gasteiger partial charge in [0.15, 0.2) is 0 Å². The normalized spacial score (nSPS) is 10.6. The molecule has 0 unspecified atom stereocenters. The summed E-state index contributed by atoms with van der Waals surface area (Å²) in [6.07, 6.45) is 2.65. The zero-order valence-corrected chi connectivity index (χ0v) is 16.8. The van der Waals surface area contributed by atoms with Gasteiger partial charge in [-0.2, -0.15) is 5.10 Å². The van der Waals surface area contributed by atoms with E-state index in [1.807, 2.05) is 47.8 Å². The quantitative estimate of drug-likeness (QED) is 0.544. The molecule has 0 N–H and O–H groups in total. The van der Waals surface area contributed by atoms with Gasteiger partial charge < -0.3 is 9.64 Å². The minimum absolute atomic E-state index is 0.104. The second-order valence-corrected chi connectivity index (χ2v) is 7.41. The molecule has 1 aromatic carbocycles. The van der Waals surface area contributed by atoms with E-state index >= 15 is 0 Å². The summed E-state index contributed by atoms with van der Waals surface area (Å²) < 4.78 is 6.46. The lowest BCUT2D eigenvalue weighted by Crippen LogP contribution is -2.28. The van der Waals surface area contributed by atoms with Crippen molar-refractivity contribution in [1.29, 1.82) is 0 Å². The van der Waals surface area contributed by atoms with Crippen LogP contribution in [0.4, 0.5) is 0 Å². The van der Waals surface area contributed by atoms with Gasteiger partial charge in [0.1, 0.15) is 5.69 Å². The standard InChI is InChI=1S/C21H23N3O3S/c1-23(12-6-11-19(25)27-2)21(26)17-15-24(14-16-8-4-3-5-9-16)22-20(17)18-10-7-13-28-18/h3-5,7-10,13,15H,6,11-12,14H2,1-2H3. The molecule has 1 amide bonds. The number of ether oxygens (including phenoxy) is 1. The van der Waals surface area contributed by atoms with Crippen molar-refractivity contribution in [3.63, 3.8) is 0 Å². The number of methoxy groups -OCH3 is 1. The molecule has 0 fully saturated rings. The molecular weight excluding hydrogens is 374 g/mol. The van der Waals surface area contributed by atoms with Gasteiger partial charge in [-0.1, -0.05) is 36.4 Å². The van der Waals surface area contributed by atoms with Crippen LogP contribution >= 0.6 is 11.3 Å². The van der Waals surface area contributed by atoms with E-state index in [4.69, 9.17) is 0 Å². The Kier molecular flexibility index (Phi) is 6.60. The first-order chi connectivity index (χ1) is 13.6. The molecule has 0 aliphatic heterocycles. The number of rotatable bonds is 8. The SMILES string of the molecule is COC(=O)CCCN(C)C(=O)c1cn(Cc2ccccc2)nc1-c1cccs1. The molecule has 2 heterocycles. The largest absolute Gasteiger partial charge is 0.469 e. The summed E-state index contributed by atoms with van der Waals surface area (Å²) in [5.41, 5.74) is 2.38. The second-order valence-electron chi connectivity index (χ2n) is 6.46. The Morgan fingerprint density at radius 1 is 1.18 bits per heavy atom. The Hall–Kier alpha value is -2.93. The van der Waals surface area contributed by atoms with Gasteiger partial charge in [0.25, 0.3) is 5.91 Å². The number of aromatic nitrogens is 2. The zero-order chi connectivity index (χ0) is 19.9. The van der Waals surface area contributed by atoms with Crippen LogP contribution in [0.15, 0.2) is 54.0 Å². The number of hydrogen-bond acceptors (Lipinski definition) is 5. The van der Waals surface area contributed by atoms with Gasteiger partial charge in [0.05, 0.1) is 24.1 Å². The van der Waals surface area contributed by atoms with E-state index in [1.165, 1.54) is 7.11 Å². The van der Waals surface area contributed by atoms with Gasteiger partial charge in [-0.05, 0) is 23.4 Å². The molecule has 0 bridgehead atoms. The Morgan fingerprint density at radius 2 is 1.96 bits per heavy atom. The number of amides is 1. The van der Waals surface area contributed by atoms with E-state index in [0.717, 1.165) is 10.4 Å². The summed E-state index contributed by atoms with van der Waals surface area (Å²) in [5.74, 6) is -0.372. The van der Waals surface area contributed by atoms with Crippen LogP contribution in [-0.4, -0.2) is 47.3 Å². The number of thiophene rings is 1. The first-order valence-corrected chi connectivity index (χ1v) is 9.94. The van der Waals surface area contributed by atoms with Crippen LogP contribution in [0.1, 0.15) is 28.8 Å². The second kappa shape index (κ2) is 9.32. The van der Waals surface area contributed by atoms with Crippen LogP contribution < -0.4 is 0 Å². The molecule has 146 valence electrons. The molecule has 7 heteroatoms. The Labute approximate surface area is 168 Å². The highest BCUT2D eigenvalue weighted by Gasteiger charge is 2.21. The van der Waals surface area contributed by atoms with Crippen LogP contribution in [0.3, 0.4) is 0 Å². The fraction of sp³-hybridized carbons (Fsp3) is 0.286. The molecule has 0 saturated heterocycles. The molecule has 0 aliphatic rings. The van der Waals surface area contributed by atoms with Crippen molar-refractivity contribution in [3.05, 3.63) is 65.2 Å². The van der Waals surface area contributed by atoms with Crippen molar-refractivity contribution < 1.29 is 14.3 Å². The highest BCUT2D eigenvalue weighted by molar-refractivity contribution is 7.13. The predicted octanol–water partition coefficient (Wildman–Crippen LogP) is 3.69. The Balaban J connectivity index is 1.80. The summed E-state index contributed by atoms with van der Waals surface area (Å²) in [6, 6.07) is 13.9. The molecule has 0 saturated carbocycles. The van der Waals surface area contributed by atoms with E-state index in [1.54, 1.807) is 34.2 Å². The average molecular weight is 398 g/mol. The number of benzene rings is 1. The van der Waals surface area contributed by atoms with Crippen LogP contribution in [-0.2, 0) is 16.1 Å². The van der Waals surface area contributed by atoms with E-state index in [-0.39, 0.29) is 11.9 Å². The lowest BCUT2D eigenvalue weighted by atomic mass is 10.2. The fourth-order valence-electron chi connectivity index (χ4n) is 2.89. The van der Waals surface area contributed by atoms with Crippen molar-refractivity contribution in [3.8, 4) is 10.6 Å². The van der Waals surface area contributed by atoms with E-state index < -0.39 is 0 Å². The third-order valence-electron chi connectivity index (χ3n) is 4.38. The maximum absolute atomic E-state index is 13.0. The van der Waals surface area contributed by atoms with Gasteiger partial charge in [0.2, 0.25) is 0 Å². The van der Waals surface area contributed by atoms with E-state index in [0.29, 0.717) is 37.2 Å². The zero-order valence-electron chi connectivity index (χ0n) is 16.0. The molecule has 2 aromatic heterocycles. The van der Waals surface area contributed by atoms with Gasteiger partial charge in [0, 0.05) is 26.2 Å². The third kappa shape index (κ3) is 4.86. The minimum atomic E-state index is -0.268. The van der Waals surface area contributed by atoms with Crippen molar-refractivity contribution in [2.45, 2.75) is 19.4 Å². The molecule has 28 heavy (non-hydrogen) atoms. The van der Waals surface area contributed by atoms with Crippen LogP contribution in [0.25, 0.3) is 10.6 Å². The number of esters is 1. The number of carbonyl (C=O) groups excluding carboxylic acids is 2. The molecule has 0 radical (unpaired) electrons. The summed E-state index contributed by atoms with van der Waals surface area (Å²) in [5, 5.41) is 6.65. The Morgan fingerprint density at radius 3 is 2.64 bits per heavy atom.